The third kappa shape index (κ3) is 3.47. The number of anilines is 1. The number of rotatable bonds is 4. The third-order valence-corrected chi connectivity index (χ3v) is 3.81. The van der Waals surface area contributed by atoms with Gasteiger partial charge in [-0.05, 0) is 49.4 Å². The molecule has 0 radical (unpaired) electrons. The van der Waals surface area contributed by atoms with Gasteiger partial charge in [0.25, 0.3) is 0 Å². The number of nitrogens with zero attached hydrogens (tertiary/aromatic N) is 1. The topological polar surface area (TPSA) is 62.3 Å². The van der Waals surface area contributed by atoms with Crippen molar-refractivity contribution < 1.29 is 4.74 Å². The Morgan fingerprint density at radius 1 is 1.42 bits per heavy atom. The summed E-state index contributed by atoms with van der Waals surface area (Å²) < 4.78 is 5.39. The highest BCUT2D eigenvalue weighted by Gasteiger charge is 2.16. The zero-order valence-electron chi connectivity index (χ0n) is 11.8. The average molecular weight is 261 g/mol. The van der Waals surface area contributed by atoms with Crippen molar-refractivity contribution in [3.05, 3.63) is 29.3 Å². The first-order valence-corrected chi connectivity index (χ1v) is 6.82. The van der Waals surface area contributed by atoms with Gasteiger partial charge < -0.3 is 15.4 Å². The number of nitrogens with two attached hydrogens (primary N) is 1. The second-order valence-electron chi connectivity index (χ2n) is 5.35. The van der Waals surface area contributed by atoms with Crippen molar-refractivity contribution >= 4 is 11.5 Å². The zero-order chi connectivity index (χ0) is 13.8. The molecule has 0 bridgehead atoms. The molecular formula is C15H23N3O. The molecule has 1 heterocycles. The molecule has 0 spiro atoms. The molecule has 0 aliphatic carbocycles. The standard InChI is InChI=1S/C15H23N3O/c1-11-9-13(3-4-14(11)15(16)17)18(2)10-12-5-7-19-8-6-12/h3-4,9,12H,5-8,10H2,1-2H3,(H3,16,17). The minimum atomic E-state index is 0.135. The second-order valence-corrected chi connectivity index (χ2v) is 5.35. The molecule has 3 N–H and O–H groups in total. The normalized spacial score (nSPS) is 16.3. The lowest BCUT2D eigenvalue weighted by Gasteiger charge is -2.28. The van der Waals surface area contributed by atoms with Crippen LogP contribution in [0.1, 0.15) is 24.0 Å². The van der Waals surface area contributed by atoms with Crippen molar-refractivity contribution in [1.29, 1.82) is 5.41 Å². The van der Waals surface area contributed by atoms with Crippen LogP contribution in [0.2, 0.25) is 0 Å². The quantitative estimate of drug-likeness (QED) is 0.645. The second kappa shape index (κ2) is 6.06. The Bertz CT molecular complexity index is 453. The molecule has 0 saturated carbocycles. The molecule has 0 amide bonds. The Labute approximate surface area is 115 Å². The van der Waals surface area contributed by atoms with Gasteiger partial charge in [0, 0.05) is 38.1 Å². The summed E-state index contributed by atoms with van der Waals surface area (Å²) in [4.78, 5) is 2.28. The first kappa shape index (κ1) is 13.9. The van der Waals surface area contributed by atoms with E-state index in [1.807, 2.05) is 19.1 Å². The van der Waals surface area contributed by atoms with Crippen LogP contribution in [0.4, 0.5) is 5.69 Å². The molecule has 0 atom stereocenters. The van der Waals surface area contributed by atoms with Crippen LogP contribution in [0.25, 0.3) is 0 Å². The zero-order valence-corrected chi connectivity index (χ0v) is 11.8. The lowest BCUT2D eigenvalue weighted by atomic mass is 9.99. The Morgan fingerprint density at radius 3 is 2.68 bits per heavy atom. The number of nitrogens with one attached hydrogen (secondary N) is 1. The summed E-state index contributed by atoms with van der Waals surface area (Å²) in [5.74, 6) is 0.850. The lowest BCUT2D eigenvalue weighted by Crippen LogP contribution is -2.29. The fraction of sp³-hybridized carbons (Fsp3) is 0.533. The molecule has 1 aliphatic rings. The predicted molar refractivity (Wildman–Crippen MR) is 79.0 cm³/mol. The summed E-state index contributed by atoms with van der Waals surface area (Å²) in [6, 6.07) is 6.09. The molecule has 2 rings (SSSR count). The van der Waals surface area contributed by atoms with E-state index < -0.39 is 0 Å². The molecule has 1 aliphatic heterocycles. The summed E-state index contributed by atoms with van der Waals surface area (Å²) in [7, 11) is 2.12. The van der Waals surface area contributed by atoms with Crippen LogP contribution in [0.15, 0.2) is 18.2 Å². The Morgan fingerprint density at radius 2 is 2.11 bits per heavy atom. The molecule has 1 aromatic carbocycles. The van der Waals surface area contributed by atoms with Crippen LogP contribution in [0, 0.1) is 18.3 Å². The third-order valence-electron chi connectivity index (χ3n) is 3.81. The van der Waals surface area contributed by atoms with E-state index in [-0.39, 0.29) is 5.84 Å². The highest BCUT2D eigenvalue weighted by atomic mass is 16.5. The van der Waals surface area contributed by atoms with Crippen molar-refractivity contribution in [2.24, 2.45) is 11.7 Å². The summed E-state index contributed by atoms with van der Waals surface area (Å²) >= 11 is 0. The van der Waals surface area contributed by atoms with Crippen molar-refractivity contribution in [2.75, 3.05) is 31.7 Å². The molecule has 1 fully saturated rings. The maximum atomic E-state index is 7.51. The van der Waals surface area contributed by atoms with E-state index in [2.05, 4.69) is 18.0 Å². The summed E-state index contributed by atoms with van der Waals surface area (Å²) in [6.07, 6.45) is 2.30. The van der Waals surface area contributed by atoms with Crippen molar-refractivity contribution in [2.45, 2.75) is 19.8 Å². The Hall–Kier alpha value is -1.55. The van der Waals surface area contributed by atoms with E-state index in [1.54, 1.807) is 0 Å². The van der Waals surface area contributed by atoms with E-state index in [9.17, 15) is 0 Å². The average Bonchev–Trinajstić information content (AvgIpc) is 2.39. The van der Waals surface area contributed by atoms with Crippen molar-refractivity contribution in [3.63, 3.8) is 0 Å². The summed E-state index contributed by atoms with van der Waals surface area (Å²) in [5, 5.41) is 7.51. The van der Waals surface area contributed by atoms with Gasteiger partial charge in [-0.1, -0.05) is 0 Å². The van der Waals surface area contributed by atoms with Crippen LogP contribution >= 0.6 is 0 Å². The first-order valence-electron chi connectivity index (χ1n) is 6.82. The minimum absolute atomic E-state index is 0.135. The van der Waals surface area contributed by atoms with Gasteiger partial charge in [-0.2, -0.15) is 0 Å². The minimum Gasteiger partial charge on any atom is -0.384 e. The van der Waals surface area contributed by atoms with Gasteiger partial charge in [-0.25, -0.2) is 0 Å². The van der Waals surface area contributed by atoms with Gasteiger partial charge in [-0.15, -0.1) is 0 Å². The molecule has 104 valence electrons. The molecule has 1 aromatic rings. The number of hydrogen-bond donors (Lipinski definition) is 2. The first-order chi connectivity index (χ1) is 9.08. The Kier molecular flexibility index (Phi) is 4.43. The molecular weight excluding hydrogens is 238 g/mol. The summed E-state index contributed by atoms with van der Waals surface area (Å²) in [6.45, 7) is 4.84. The van der Waals surface area contributed by atoms with Gasteiger partial charge in [0.05, 0.1) is 0 Å². The van der Waals surface area contributed by atoms with Crippen LogP contribution in [-0.4, -0.2) is 32.6 Å². The number of aryl methyl sites for hydroxylation is 1. The monoisotopic (exact) mass is 261 g/mol. The number of benzene rings is 1. The number of amidine groups is 1. The van der Waals surface area contributed by atoms with Gasteiger partial charge >= 0.3 is 0 Å². The van der Waals surface area contributed by atoms with Crippen LogP contribution < -0.4 is 10.6 Å². The number of ether oxygens (including phenoxy) is 1. The van der Waals surface area contributed by atoms with Crippen molar-refractivity contribution in [3.8, 4) is 0 Å². The summed E-state index contributed by atoms with van der Waals surface area (Å²) in [5.41, 5.74) is 8.62. The fourth-order valence-electron chi connectivity index (χ4n) is 2.61. The maximum Gasteiger partial charge on any atom is 0.123 e. The van der Waals surface area contributed by atoms with E-state index >= 15 is 0 Å². The lowest BCUT2D eigenvalue weighted by molar-refractivity contribution is 0.0685. The van der Waals surface area contributed by atoms with Gasteiger partial charge in [-0.3, -0.25) is 5.41 Å². The van der Waals surface area contributed by atoms with E-state index in [0.717, 1.165) is 43.7 Å². The SMILES string of the molecule is Cc1cc(N(C)CC2CCOCC2)ccc1C(=N)N. The molecule has 4 heteroatoms. The van der Waals surface area contributed by atoms with E-state index in [1.165, 1.54) is 5.69 Å². The molecule has 1 saturated heterocycles. The van der Waals surface area contributed by atoms with Gasteiger partial charge in [0.2, 0.25) is 0 Å². The van der Waals surface area contributed by atoms with E-state index in [4.69, 9.17) is 15.9 Å². The predicted octanol–water partition coefficient (Wildman–Crippen LogP) is 2.14. The van der Waals surface area contributed by atoms with E-state index in [0.29, 0.717) is 5.92 Å². The van der Waals surface area contributed by atoms with Crippen LogP contribution in [0.5, 0.6) is 0 Å². The molecule has 0 aromatic heterocycles. The molecule has 19 heavy (non-hydrogen) atoms. The van der Waals surface area contributed by atoms with Crippen LogP contribution in [-0.2, 0) is 4.74 Å². The van der Waals surface area contributed by atoms with Gasteiger partial charge in [0.1, 0.15) is 5.84 Å². The maximum absolute atomic E-state index is 7.51. The fourth-order valence-corrected chi connectivity index (χ4v) is 2.61. The highest BCUT2D eigenvalue weighted by molar-refractivity contribution is 5.96. The largest absolute Gasteiger partial charge is 0.384 e. The molecule has 4 nitrogen and oxygen atoms in total. The van der Waals surface area contributed by atoms with Gasteiger partial charge in [0.15, 0.2) is 0 Å². The van der Waals surface area contributed by atoms with Crippen molar-refractivity contribution in [1.82, 2.24) is 0 Å². The van der Waals surface area contributed by atoms with Crippen LogP contribution in [0.3, 0.4) is 0 Å². The number of nitrogen functional groups attached to an aromatic ring is 1. The highest BCUT2D eigenvalue weighted by Crippen LogP contribution is 2.22. The smallest absolute Gasteiger partial charge is 0.123 e. The Balaban J connectivity index is 2.04. The molecule has 0 unspecified atom stereocenters. The number of hydrogen-bond acceptors (Lipinski definition) is 3.